The summed E-state index contributed by atoms with van der Waals surface area (Å²) in [5.74, 6) is 0.930. The molecule has 0 radical (unpaired) electrons. The fourth-order valence-electron chi connectivity index (χ4n) is 4.27. The minimum absolute atomic E-state index is 0.00413. The van der Waals surface area contributed by atoms with Crippen LogP contribution in [0.2, 0.25) is 0 Å². The SMILES string of the molecule is CCOc1ccccc1N1CCN(CCC(=O)Nc2sc3c(c2C#N)CCC3)CC1. The van der Waals surface area contributed by atoms with Gasteiger partial charge in [0, 0.05) is 44.0 Å². The van der Waals surface area contributed by atoms with Gasteiger partial charge in [0.1, 0.15) is 16.8 Å². The van der Waals surface area contributed by atoms with E-state index < -0.39 is 0 Å². The molecule has 1 aliphatic heterocycles. The Balaban J connectivity index is 1.26. The fraction of sp³-hybridized carbons (Fsp3) is 0.478. The average molecular weight is 425 g/mol. The van der Waals surface area contributed by atoms with Crippen molar-refractivity contribution in [3.63, 3.8) is 0 Å². The number of carbonyl (C=O) groups is 1. The van der Waals surface area contributed by atoms with Crippen LogP contribution in [0, 0.1) is 11.3 Å². The van der Waals surface area contributed by atoms with Crippen LogP contribution in [0.4, 0.5) is 10.7 Å². The number of ether oxygens (including phenoxy) is 1. The van der Waals surface area contributed by atoms with Crippen LogP contribution in [0.25, 0.3) is 0 Å². The van der Waals surface area contributed by atoms with Crippen molar-refractivity contribution in [3.05, 3.63) is 40.3 Å². The molecule has 1 aromatic heterocycles. The number of hydrogen-bond donors (Lipinski definition) is 1. The third-order valence-corrected chi connectivity index (χ3v) is 7.03. The standard InChI is InChI=1S/C23H28N4O2S/c1-2-29-20-8-4-3-7-19(20)27-14-12-26(13-15-27)11-10-22(28)25-23-18(16-24)17-6-5-9-21(17)30-23/h3-4,7-8H,2,5-6,9-15H2,1H3,(H,25,28). The topological polar surface area (TPSA) is 68.6 Å². The first-order valence-corrected chi connectivity index (χ1v) is 11.5. The molecule has 1 N–H and O–H groups in total. The molecule has 6 nitrogen and oxygen atoms in total. The van der Waals surface area contributed by atoms with Gasteiger partial charge in [-0.25, -0.2) is 0 Å². The molecule has 7 heteroatoms. The first-order chi connectivity index (χ1) is 14.7. The highest BCUT2D eigenvalue weighted by atomic mass is 32.1. The average Bonchev–Trinajstić information content (AvgIpc) is 3.34. The number of fused-ring (bicyclic) bond motifs is 1. The first-order valence-electron chi connectivity index (χ1n) is 10.7. The summed E-state index contributed by atoms with van der Waals surface area (Å²) in [7, 11) is 0. The quantitative estimate of drug-likeness (QED) is 0.735. The van der Waals surface area contributed by atoms with Gasteiger partial charge in [0.15, 0.2) is 0 Å². The molecule has 0 saturated carbocycles. The number of nitriles is 1. The summed E-state index contributed by atoms with van der Waals surface area (Å²) in [4.78, 5) is 18.4. The largest absolute Gasteiger partial charge is 0.492 e. The van der Waals surface area contributed by atoms with Crippen LogP contribution in [-0.2, 0) is 17.6 Å². The Kier molecular flexibility index (Phi) is 6.56. The number of anilines is 2. The molecule has 1 aliphatic carbocycles. The second kappa shape index (κ2) is 9.50. The van der Waals surface area contributed by atoms with Crippen molar-refractivity contribution in [1.29, 1.82) is 5.26 Å². The summed E-state index contributed by atoms with van der Waals surface area (Å²) in [6.45, 7) is 7.08. The lowest BCUT2D eigenvalue weighted by Gasteiger charge is -2.36. The van der Waals surface area contributed by atoms with E-state index in [4.69, 9.17) is 4.74 Å². The molecule has 0 atom stereocenters. The molecule has 2 heterocycles. The zero-order chi connectivity index (χ0) is 20.9. The van der Waals surface area contributed by atoms with E-state index in [1.807, 2.05) is 25.1 Å². The molecule has 158 valence electrons. The molecule has 4 rings (SSSR count). The summed E-state index contributed by atoms with van der Waals surface area (Å²) in [5.41, 5.74) is 2.98. The Morgan fingerprint density at radius 1 is 1.23 bits per heavy atom. The lowest BCUT2D eigenvalue weighted by atomic mass is 10.1. The maximum atomic E-state index is 12.5. The van der Waals surface area contributed by atoms with Crippen LogP contribution in [0.3, 0.4) is 0 Å². The van der Waals surface area contributed by atoms with Gasteiger partial charge >= 0.3 is 0 Å². The minimum atomic E-state index is -0.00413. The van der Waals surface area contributed by atoms with E-state index in [0.29, 0.717) is 18.6 Å². The van der Waals surface area contributed by atoms with E-state index in [0.717, 1.165) is 74.0 Å². The molecule has 30 heavy (non-hydrogen) atoms. The van der Waals surface area contributed by atoms with Crippen molar-refractivity contribution in [3.8, 4) is 11.8 Å². The van der Waals surface area contributed by atoms with Gasteiger partial charge in [-0.05, 0) is 43.9 Å². The van der Waals surface area contributed by atoms with Gasteiger partial charge < -0.3 is 15.0 Å². The zero-order valence-corrected chi connectivity index (χ0v) is 18.3. The molecular formula is C23H28N4O2S. The van der Waals surface area contributed by atoms with Crippen molar-refractivity contribution in [2.45, 2.75) is 32.6 Å². The van der Waals surface area contributed by atoms with Crippen molar-refractivity contribution >= 4 is 27.9 Å². The number of aryl methyl sites for hydroxylation is 1. The summed E-state index contributed by atoms with van der Waals surface area (Å²) < 4.78 is 5.76. The van der Waals surface area contributed by atoms with E-state index >= 15 is 0 Å². The van der Waals surface area contributed by atoms with Crippen LogP contribution < -0.4 is 15.0 Å². The van der Waals surface area contributed by atoms with Crippen LogP contribution in [-0.4, -0.2) is 50.1 Å². The Morgan fingerprint density at radius 3 is 2.80 bits per heavy atom. The summed E-state index contributed by atoms with van der Waals surface area (Å²) in [6.07, 6.45) is 3.55. The van der Waals surface area contributed by atoms with E-state index in [-0.39, 0.29) is 5.91 Å². The number of benzene rings is 1. The minimum Gasteiger partial charge on any atom is -0.492 e. The Morgan fingerprint density at radius 2 is 2.03 bits per heavy atom. The normalized spacial score (nSPS) is 16.2. The van der Waals surface area contributed by atoms with Crippen molar-refractivity contribution in [1.82, 2.24) is 4.90 Å². The van der Waals surface area contributed by atoms with Gasteiger partial charge in [-0.1, -0.05) is 12.1 Å². The molecular weight excluding hydrogens is 396 g/mol. The monoisotopic (exact) mass is 424 g/mol. The lowest BCUT2D eigenvalue weighted by Crippen LogP contribution is -2.47. The van der Waals surface area contributed by atoms with Crippen molar-refractivity contribution in [2.24, 2.45) is 0 Å². The molecule has 0 spiro atoms. The number of rotatable bonds is 7. The smallest absolute Gasteiger partial charge is 0.226 e. The first kappa shape index (κ1) is 20.7. The second-order valence-electron chi connectivity index (χ2n) is 7.70. The molecule has 1 saturated heterocycles. The van der Waals surface area contributed by atoms with Gasteiger partial charge in [0.05, 0.1) is 17.9 Å². The molecule has 1 aromatic carbocycles. The van der Waals surface area contributed by atoms with E-state index in [9.17, 15) is 10.1 Å². The van der Waals surface area contributed by atoms with Crippen LogP contribution in [0.15, 0.2) is 24.3 Å². The van der Waals surface area contributed by atoms with Gasteiger partial charge in [-0.15, -0.1) is 11.3 Å². The highest BCUT2D eigenvalue weighted by Crippen LogP contribution is 2.38. The van der Waals surface area contributed by atoms with Crippen LogP contribution in [0.1, 0.15) is 35.8 Å². The highest BCUT2D eigenvalue weighted by molar-refractivity contribution is 7.16. The predicted octanol–water partition coefficient (Wildman–Crippen LogP) is 3.66. The Labute approximate surface area is 182 Å². The summed E-state index contributed by atoms with van der Waals surface area (Å²) >= 11 is 1.58. The molecule has 2 aliphatic rings. The maximum Gasteiger partial charge on any atom is 0.226 e. The van der Waals surface area contributed by atoms with Crippen LogP contribution in [0.5, 0.6) is 5.75 Å². The number of hydrogen-bond acceptors (Lipinski definition) is 6. The van der Waals surface area contributed by atoms with E-state index in [1.165, 1.54) is 4.88 Å². The predicted molar refractivity (Wildman–Crippen MR) is 121 cm³/mol. The van der Waals surface area contributed by atoms with Crippen molar-refractivity contribution in [2.75, 3.05) is 49.5 Å². The van der Waals surface area contributed by atoms with Crippen LogP contribution >= 0.6 is 11.3 Å². The number of piperazine rings is 1. The fourth-order valence-corrected chi connectivity index (χ4v) is 5.52. The molecule has 1 amide bonds. The molecule has 0 bridgehead atoms. The van der Waals surface area contributed by atoms with Gasteiger partial charge in [-0.3, -0.25) is 9.69 Å². The van der Waals surface area contributed by atoms with Gasteiger partial charge in [-0.2, -0.15) is 5.26 Å². The molecule has 0 unspecified atom stereocenters. The number of para-hydroxylation sites is 2. The number of thiophene rings is 1. The number of amides is 1. The zero-order valence-electron chi connectivity index (χ0n) is 17.4. The highest BCUT2D eigenvalue weighted by Gasteiger charge is 2.24. The molecule has 2 aromatic rings. The summed E-state index contributed by atoms with van der Waals surface area (Å²) in [5, 5.41) is 13.2. The van der Waals surface area contributed by atoms with Gasteiger partial charge in [0.2, 0.25) is 5.91 Å². The van der Waals surface area contributed by atoms with E-state index in [2.05, 4.69) is 27.3 Å². The Hall–Kier alpha value is -2.56. The number of carbonyl (C=O) groups excluding carboxylic acids is 1. The molecule has 1 fully saturated rings. The summed E-state index contributed by atoms with van der Waals surface area (Å²) in [6, 6.07) is 10.5. The lowest BCUT2D eigenvalue weighted by molar-refractivity contribution is -0.116. The maximum absolute atomic E-state index is 12.5. The third-order valence-electron chi connectivity index (χ3n) is 5.82. The number of nitrogens with one attached hydrogen (secondary N) is 1. The van der Waals surface area contributed by atoms with Gasteiger partial charge in [0.25, 0.3) is 0 Å². The van der Waals surface area contributed by atoms with E-state index in [1.54, 1.807) is 11.3 Å². The third kappa shape index (κ3) is 4.45. The second-order valence-corrected chi connectivity index (χ2v) is 8.81. The number of nitrogens with zero attached hydrogens (tertiary/aromatic N) is 3. The Bertz CT molecular complexity index is 941. The van der Waals surface area contributed by atoms with Crippen molar-refractivity contribution < 1.29 is 9.53 Å².